The lowest BCUT2D eigenvalue weighted by molar-refractivity contribution is -0.486. The summed E-state index contributed by atoms with van der Waals surface area (Å²) in [5.41, 5.74) is 0. The topological polar surface area (TPSA) is 88.3 Å². The number of amides is 1. The lowest BCUT2D eigenvalue weighted by Crippen LogP contribution is -2.44. The standard InChI is InChI=1S/C14H22N4O4/c1-10-7-11(9-22-10)8-16-5-6-17(14(16)15-18(20)21)13(19)12-3-2-4-12/h10-12H,2-9H2,1H3. The van der Waals surface area contributed by atoms with Crippen molar-refractivity contribution in [3.05, 3.63) is 10.1 Å². The number of ether oxygens (including phenoxy) is 1. The Morgan fingerprint density at radius 3 is 2.77 bits per heavy atom. The first-order valence-electron chi connectivity index (χ1n) is 7.95. The third-order valence-corrected chi connectivity index (χ3v) is 4.77. The van der Waals surface area contributed by atoms with Gasteiger partial charge in [-0.1, -0.05) is 6.42 Å². The fraction of sp³-hybridized carbons (Fsp3) is 0.857. The molecule has 0 spiro atoms. The van der Waals surface area contributed by atoms with Gasteiger partial charge in [-0.05, 0) is 26.2 Å². The Bertz CT molecular complexity index is 491. The van der Waals surface area contributed by atoms with Crippen LogP contribution in [0.4, 0.5) is 0 Å². The zero-order chi connectivity index (χ0) is 15.7. The van der Waals surface area contributed by atoms with Crippen LogP contribution in [0.5, 0.6) is 0 Å². The molecule has 0 bridgehead atoms. The summed E-state index contributed by atoms with van der Waals surface area (Å²) < 4.78 is 5.55. The minimum Gasteiger partial charge on any atom is -0.378 e. The van der Waals surface area contributed by atoms with E-state index in [9.17, 15) is 14.9 Å². The highest BCUT2D eigenvalue weighted by atomic mass is 16.7. The molecule has 0 aromatic heterocycles. The van der Waals surface area contributed by atoms with Gasteiger partial charge in [0.1, 0.15) is 5.10 Å². The molecule has 0 aromatic carbocycles. The van der Waals surface area contributed by atoms with Gasteiger partial charge in [-0.25, -0.2) is 10.1 Å². The number of carbonyl (C=O) groups excluding carboxylic acids is 1. The Morgan fingerprint density at radius 2 is 2.23 bits per heavy atom. The molecule has 122 valence electrons. The van der Waals surface area contributed by atoms with Gasteiger partial charge >= 0.3 is 0 Å². The molecular formula is C14H22N4O4. The number of hydrazone groups is 1. The van der Waals surface area contributed by atoms with E-state index in [2.05, 4.69) is 5.10 Å². The van der Waals surface area contributed by atoms with Crippen molar-refractivity contribution in [2.45, 2.75) is 38.7 Å². The Hall–Kier alpha value is -1.70. The minimum atomic E-state index is -0.706. The molecule has 2 heterocycles. The van der Waals surface area contributed by atoms with Crippen LogP contribution in [-0.4, -0.2) is 59.0 Å². The first kappa shape index (κ1) is 15.2. The van der Waals surface area contributed by atoms with Crippen molar-refractivity contribution >= 4 is 11.9 Å². The molecule has 3 aliphatic rings. The lowest BCUT2D eigenvalue weighted by atomic mass is 9.84. The zero-order valence-electron chi connectivity index (χ0n) is 12.8. The highest BCUT2D eigenvalue weighted by Crippen LogP contribution is 2.30. The summed E-state index contributed by atoms with van der Waals surface area (Å²) in [5, 5.41) is 13.6. The van der Waals surface area contributed by atoms with Crippen LogP contribution < -0.4 is 0 Å². The largest absolute Gasteiger partial charge is 0.378 e. The predicted molar refractivity (Wildman–Crippen MR) is 78.6 cm³/mol. The molecule has 0 radical (unpaired) electrons. The van der Waals surface area contributed by atoms with Gasteiger partial charge in [0.05, 0.1) is 12.7 Å². The Labute approximate surface area is 129 Å². The van der Waals surface area contributed by atoms with E-state index in [-0.39, 0.29) is 23.9 Å². The van der Waals surface area contributed by atoms with E-state index in [1.54, 1.807) is 0 Å². The molecule has 2 saturated heterocycles. The SMILES string of the molecule is CC1CC(CN2CCN(C(=O)C3CCC3)C2=N[N+](=O)[O-])CO1. The Kier molecular flexibility index (Phi) is 4.28. The van der Waals surface area contributed by atoms with E-state index < -0.39 is 5.03 Å². The molecule has 8 heteroatoms. The maximum atomic E-state index is 12.4. The van der Waals surface area contributed by atoms with Crippen molar-refractivity contribution in [2.75, 3.05) is 26.2 Å². The molecule has 1 amide bonds. The third-order valence-electron chi connectivity index (χ3n) is 4.77. The Balaban J connectivity index is 1.70. The smallest absolute Gasteiger partial charge is 0.280 e. The van der Waals surface area contributed by atoms with E-state index in [4.69, 9.17) is 4.74 Å². The molecule has 2 atom stereocenters. The number of hydrogen-bond acceptors (Lipinski definition) is 4. The predicted octanol–water partition coefficient (Wildman–Crippen LogP) is 0.903. The number of guanidine groups is 1. The van der Waals surface area contributed by atoms with Crippen LogP contribution in [0, 0.1) is 22.0 Å². The molecule has 8 nitrogen and oxygen atoms in total. The molecular weight excluding hydrogens is 288 g/mol. The van der Waals surface area contributed by atoms with Crippen LogP contribution >= 0.6 is 0 Å². The second kappa shape index (κ2) is 6.20. The molecule has 1 saturated carbocycles. The van der Waals surface area contributed by atoms with E-state index in [1.165, 1.54) is 4.90 Å². The average molecular weight is 310 g/mol. The van der Waals surface area contributed by atoms with Crippen molar-refractivity contribution in [1.29, 1.82) is 0 Å². The first-order chi connectivity index (χ1) is 10.5. The van der Waals surface area contributed by atoms with Crippen LogP contribution in [-0.2, 0) is 9.53 Å². The molecule has 2 unspecified atom stereocenters. The molecule has 0 aromatic rings. The van der Waals surface area contributed by atoms with E-state index in [1.807, 2.05) is 11.8 Å². The molecule has 3 fully saturated rings. The molecule has 2 aliphatic heterocycles. The van der Waals surface area contributed by atoms with Gasteiger partial charge in [0, 0.05) is 31.5 Å². The summed E-state index contributed by atoms with van der Waals surface area (Å²) in [4.78, 5) is 26.6. The van der Waals surface area contributed by atoms with Crippen molar-refractivity contribution in [1.82, 2.24) is 9.80 Å². The van der Waals surface area contributed by atoms with Crippen LogP contribution in [0.15, 0.2) is 5.10 Å². The van der Waals surface area contributed by atoms with Gasteiger partial charge in [0.15, 0.2) is 5.03 Å². The molecule has 1 aliphatic carbocycles. The fourth-order valence-electron chi connectivity index (χ4n) is 3.38. The van der Waals surface area contributed by atoms with Crippen molar-refractivity contribution < 1.29 is 14.6 Å². The van der Waals surface area contributed by atoms with E-state index in [0.717, 1.165) is 25.7 Å². The van der Waals surface area contributed by atoms with Gasteiger partial charge in [0.2, 0.25) is 5.91 Å². The molecule has 3 rings (SSSR count). The monoisotopic (exact) mass is 310 g/mol. The minimum absolute atomic E-state index is 0.00890. The van der Waals surface area contributed by atoms with Crippen LogP contribution in [0.3, 0.4) is 0 Å². The van der Waals surface area contributed by atoms with E-state index >= 15 is 0 Å². The second-order valence-corrected chi connectivity index (χ2v) is 6.45. The van der Waals surface area contributed by atoms with Gasteiger partial charge in [-0.3, -0.25) is 9.69 Å². The zero-order valence-corrected chi connectivity index (χ0v) is 12.8. The normalized spacial score (nSPS) is 30.9. The molecule has 0 N–H and O–H groups in total. The maximum absolute atomic E-state index is 12.4. The van der Waals surface area contributed by atoms with Gasteiger partial charge in [-0.2, -0.15) is 0 Å². The fourth-order valence-corrected chi connectivity index (χ4v) is 3.38. The highest BCUT2D eigenvalue weighted by molar-refractivity contribution is 5.99. The molecule has 22 heavy (non-hydrogen) atoms. The summed E-state index contributed by atoms with van der Waals surface area (Å²) in [6.45, 7) is 4.45. The second-order valence-electron chi connectivity index (χ2n) is 6.45. The summed E-state index contributed by atoms with van der Waals surface area (Å²) in [6, 6.07) is 0. The average Bonchev–Trinajstić information content (AvgIpc) is 2.95. The summed E-state index contributed by atoms with van der Waals surface area (Å²) in [5.74, 6) is 0.560. The number of hydrogen-bond donors (Lipinski definition) is 0. The van der Waals surface area contributed by atoms with Gasteiger partial charge in [0.25, 0.3) is 5.96 Å². The van der Waals surface area contributed by atoms with Crippen LogP contribution in [0.1, 0.15) is 32.6 Å². The van der Waals surface area contributed by atoms with Crippen LogP contribution in [0.25, 0.3) is 0 Å². The number of nitrogens with zero attached hydrogens (tertiary/aromatic N) is 4. The van der Waals surface area contributed by atoms with Gasteiger partial charge in [-0.15, -0.1) is 0 Å². The first-order valence-corrected chi connectivity index (χ1v) is 7.95. The van der Waals surface area contributed by atoms with E-state index in [0.29, 0.717) is 32.2 Å². The Morgan fingerprint density at radius 1 is 1.45 bits per heavy atom. The van der Waals surface area contributed by atoms with Gasteiger partial charge < -0.3 is 9.64 Å². The quantitative estimate of drug-likeness (QED) is 0.568. The van der Waals surface area contributed by atoms with Crippen molar-refractivity contribution in [3.63, 3.8) is 0 Å². The van der Waals surface area contributed by atoms with Crippen molar-refractivity contribution in [3.8, 4) is 0 Å². The number of nitro groups is 1. The van der Waals surface area contributed by atoms with Crippen LogP contribution in [0.2, 0.25) is 0 Å². The van der Waals surface area contributed by atoms with Crippen molar-refractivity contribution in [2.24, 2.45) is 16.9 Å². The highest BCUT2D eigenvalue weighted by Gasteiger charge is 2.40. The maximum Gasteiger partial charge on any atom is 0.280 e. The number of carbonyl (C=O) groups is 1. The summed E-state index contributed by atoms with van der Waals surface area (Å²) in [7, 11) is 0. The number of rotatable bonds is 4. The lowest BCUT2D eigenvalue weighted by Gasteiger charge is -2.29. The summed E-state index contributed by atoms with van der Waals surface area (Å²) in [6.07, 6.45) is 4.01. The summed E-state index contributed by atoms with van der Waals surface area (Å²) >= 11 is 0. The third kappa shape index (κ3) is 3.06.